The highest BCUT2D eigenvalue weighted by Gasteiger charge is 2.10. The molecule has 0 amide bonds. The molecule has 2 rings (SSSR count). The summed E-state index contributed by atoms with van der Waals surface area (Å²) in [4.78, 5) is 0. The van der Waals surface area contributed by atoms with Crippen LogP contribution in [-0.2, 0) is 12.8 Å². The summed E-state index contributed by atoms with van der Waals surface area (Å²) in [5, 5.41) is 0. The standard InChI is InChI=1S/C16H17BrFNO/c1-20-16-7-6-11(9-15(16)18)8-13(19)10-12-4-2-3-5-14(12)17/h2-7,9,13H,8,10,19H2,1H3. The van der Waals surface area contributed by atoms with Gasteiger partial charge in [-0.05, 0) is 42.2 Å². The zero-order valence-corrected chi connectivity index (χ0v) is 12.9. The first-order valence-corrected chi connectivity index (χ1v) is 7.21. The summed E-state index contributed by atoms with van der Waals surface area (Å²) in [5.41, 5.74) is 8.19. The average Bonchev–Trinajstić information content (AvgIpc) is 2.41. The Morgan fingerprint density at radius 2 is 1.95 bits per heavy atom. The second kappa shape index (κ2) is 6.86. The smallest absolute Gasteiger partial charge is 0.165 e. The summed E-state index contributed by atoms with van der Waals surface area (Å²) in [6.45, 7) is 0. The Kier molecular flexibility index (Phi) is 5.15. The topological polar surface area (TPSA) is 35.2 Å². The molecule has 0 aliphatic heterocycles. The number of benzene rings is 2. The van der Waals surface area contributed by atoms with Gasteiger partial charge in [0.15, 0.2) is 11.6 Å². The van der Waals surface area contributed by atoms with E-state index in [1.54, 1.807) is 6.07 Å². The van der Waals surface area contributed by atoms with Crippen LogP contribution in [-0.4, -0.2) is 13.2 Å². The lowest BCUT2D eigenvalue weighted by molar-refractivity contribution is 0.386. The number of halogens is 2. The van der Waals surface area contributed by atoms with Crippen LogP contribution in [0.3, 0.4) is 0 Å². The molecular weight excluding hydrogens is 321 g/mol. The van der Waals surface area contributed by atoms with Crippen molar-refractivity contribution in [2.24, 2.45) is 5.73 Å². The number of hydrogen-bond acceptors (Lipinski definition) is 2. The number of rotatable bonds is 5. The van der Waals surface area contributed by atoms with Crippen LogP contribution in [0.25, 0.3) is 0 Å². The van der Waals surface area contributed by atoms with Crippen LogP contribution in [0.1, 0.15) is 11.1 Å². The predicted octanol–water partition coefficient (Wildman–Crippen LogP) is 3.71. The summed E-state index contributed by atoms with van der Waals surface area (Å²) >= 11 is 3.51. The zero-order valence-electron chi connectivity index (χ0n) is 11.3. The van der Waals surface area contributed by atoms with Gasteiger partial charge in [-0.2, -0.15) is 0 Å². The highest BCUT2D eigenvalue weighted by Crippen LogP contribution is 2.20. The third-order valence-electron chi connectivity index (χ3n) is 3.15. The van der Waals surface area contributed by atoms with Gasteiger partial charge in [0.25, 0.3) is 0 Å². The molecule has 1 atom stereocenters. The molecule has 0 spiro atoms. The fraction of sp³-hybridized carbons (Fsp3) is 0.250. The van der Waals surface area contributed by atoms with E-state index in [1.165, 1.54) is 13.2 Å². The minimum Gasteiger partial charge on any atom is -0.494 e. The zero-order chi connectivity index (χ0) is 14.5. The van der Waals surface area contributed by atoms with Crippen molar-refractivity contribution in [2.75, 3.05) is 7.11 Å². The lowest BCUT2D eigenvalue weighted by Gasteiger charge is -2.13. The van der Waals surface area contributed by atoms with Crippen molar-refractivity contribution in [1.82, 2.24) is 0 Å². The fourth-order valence-corrected chi connectivity index (χ4v) is 2.60. The summed E-state index contributed by atoms with van der Waals surface area (Å²) in [6, 6.07) is 12.9. The first-order valence-electron chi connectivity index (χ1n) is 6.41. The molecule has 20 heavy (non-hydrogen) atoms. The monoisotopic (exact) mass is 337 g/mol. The average molecular weight is 338 g/mol. The van der Waals surface area contributed by atoms with E-state index in [2.05, 4.69) is 15.9 Å². The normalized spacial score (nSPS) is 12.2. The van der Waals surface area contributed by atoms with E-state index in [1.807, 2.05) is 30.3 Å². The third-order valence-corrected chi connectivity index (χ3v) is 3.93. The first-order chi connectivity index (χ1) is 9.60. The molecule has 0 aromatic heterocycles. The number of ether oxygens (including phenoxy) is 1. The van der Waals surface area contributed by atoms with Crippen molar-refractivity contribution in [1.29, 1.82) is 0 Å². The number of methoxy groups -OCH3 is 1. The molecule has 2 aromatic carbocycles. The Bertz CT molecular complexity index is 588. The minimum atomic E-state index is -0.349. The van der Waals surface area contributed by atoms with Gasteiger partial charge >= 0.3 is 0 Å². The molecule has 0 saturated carbocycles. The van der Waals surface area contributed by atoms with Gasteiger partial charge in [0.2, 0.25) is 0 Å². The lowest BCUT2D eigenvalue weighted by Crippen LogP contribution is -2.25. The van der Waals surface area contributed by atoms with E-state index in [9.17, 15) is 4.39 Å². The minimum absolute atomic E-state index is 0.0542. The van der Waals surface area contributed by atoms with Crippen LogP contribution in [0.4, 0.5) is 4.39 Å². The summed E-state index contributed by atoms with van der Waals surface area (Å²) in [7, 11) is 1.46. The van der Waals surface area contributed by atoms with E-state index < -0.39 is 0 Å². The van der Waals surface area contributed by atoms with Crippen molar-refractivity contribution in [3.05, 3.63) is 63.9 Å². The molecule has 4 heteroatoms. The van der Waals surface area contributed by atoms with Crippen LogP contribution < -0.4 is 10.5 Å². The molecule has 0 saturated heterocycles. The molecule has 0 aliphatic carbocycles. The molecule has 0 heterocycles. The molecule has 2 N–H and O–H groups in total. The maximum atomic E-state index is 13.6. The van der Waals surface area contributed by atoms with E-state index >= 15 is 0 Å². The molecule has 0 bridgehead atoms. The van der Waals surface area contributed by atoms with Crippen LogP contribution in [0.2, 0.25) is 0 Å². The van der Waals surface area contributed by atoms with Gasteiger partial charge in [-0.15, -0.1) is 0 Å². The molecule has 2 nitrogen and oxygen atoms in total. The second-order valence-corrected chi connectivity index (χ2v) is 5.58. The van der Waals surface area contributed by atoms with E-state index in [0.29, 0.717) is 6.42 Å². The molecule has 0 fully saturated rings. The van der Waals surface area contributed by atoms with E-state index in [4.69, 9.17) is 10.5 Å². The summed E-state index contributed by atoms with van der Waals surface area (Å²) in [5.74, 6) is -0.0915. The summed E-state index contributed by atoms with van der Waals surface area (Å²) < 4.78 is 19.6. The molecule has 2 aromatic rings. The van der Waals surface area contributed by atoms with Crippen molar-refractivity contribution in [2.45, 2.75) is 18.9 Å². The van der Waals surface area contributed by atoms with Crippen LogP contribution in [0.15, 0.2) is 46.9 Å². The Hall–Kier alpha value is -1.39. The quantitative estimate of drug-likeness (QED) is 0.902. The molecule has 0 radical (unpaired) electrons. The Morgan fingerprint density at radius 3 is 2.60 bits per heavy atom. The first kappa shape index (κ1) is 15.0. The van der Waals surface area contributed by atoms with Crippen molar-refractivity contribution in [3.8, 4) is 5.75 Å². The SMILES string of the molecule is COc1ccc(CC(N)Cc2ccccc2Br)cc1F. The highest BCUT2D eigenvalue weighted by molar-refractivity contribution is 9.10. The molecular formula is C16H17BrFNO. The largest absolute Gasteiger partial charge is 0.494 e. The molecule has 1 unspecified atom stereocenters. The van der Waals surface area contributed by atoms with Crippen LogP contribution in [0.5, 0.6) is 5.75 Å². The van der Waals surface area contributed by atoms with Crippen molar-refractivity contribution in [3.63, 3.8) is 0 Å². The second-order valence-electron chi connectivity index (χ2n) is 4.73. The molecule has 0 aliphatic rings. The van der Waals surface area contributed by atoms with Crippen LogP contribution >= 0.6 is 15.9 Å². The number of nitrogens with two attached hydrogens (primary N) is 1. The van der Waals surface area contributed by atoms with Gasteiger partial charge < -0.3 is 10.5 Å². The predicted molar refractivity (Wildman–Crippen MR) is 82.5 cm³/mol. The fourth-order valence-electron chi connectivity index (χ4n) is 2.16. The van der Waals surface area contributed by atoms with Gasteiger partial charge in [0, 0.05) is 10.5 Å². The van der Waals surface area contributed by atoms with E-state index in [-0.39, 0.29) is 17.6 Å². The van der Waals surface area contributed by atoms with Gasteiger partial charge in [-0.3, -0.25) is 0 Å². The lowest BCUT2D eigenvalue weighted by atomic mass is 9.99. The summed E-state index contributed by atoms with van der Waals surface area (Å²) in [6.07, 6.45) is 1.37. The van der Waals surface area contributed by atoms with Crippen LogP contribution in [0, 0.1) is 5.82 Å². The highest BCUT2D eigenvalue weighted by atomic mass is 79.9. The van der Waals surface area contributed by atoms with Crippen molar-refractivity contribution < 1.29 is 9.13 Å². The van der Waals surface area contributed by atoms with Gasteiger partial charge in [-0.25, -0.2) is 4.39 Å². The van der Waals surface area contributed by atoms with Gasteiger partial charge in [0.1, 0.15) is 0 Å². The van der Waals surface area contributed by atoms with Crippen molar-refractivity contribution >= 4 is 15.9 Å². The maximum absolute atomic E-state index is 13.6. The Balaban J connectivity index is 2.03. The third kappa shape index (κ3) is 3.81. The van der Waals surface area contributed by atoms with Gasteiger partial charge in [0.05, 0.1) is 7.11 Å². The van der Waals surface area contributed by atoms with Gasteiger partial charge in [-0.1, -0.05) is 40.2 Å². The maximum Gasteiger partial charge on any atom is 0.165 e. The Labute approximate surface area is 126 Å². The van der Waals surface area contributed by atoms with E-state index in [0.717, 1.165) is 22.0 Å². The Morgan fingerprint density at radius 1 is 1.20 bits per heavy atom. The molecule has 106 valence electrons. The number of hydrogen-bond donors (Lipinski definition) is 1.